The molecular formula is C34H40. The van der Waals surface area contributed by atoms with Crippen LogP contribution in [0.3, 0.4) is 0 Å². The first-order valence-corrected chi connectivity index (χ1v) is 14.4. The van der Waals surface area contributed by atoms with Crippen molar-refractivity contribution in [3.63, 3.8) is 0 Å². The predicted octanol–water partition coefficient (Wildman–Crippen LogP) is 5.70. The van der Waals surface area contributed by atoms with E-state index in [1.54, 1.807) is 0 Å². The van der Waals surface area contributed by atoms with Crippen molar-refractivity contribution in [3.8, 4) is 0 Å². The zero-order chi connectivity index (χ0) is 22.6. The fourth-order valence-corrected chi connectivity index (χ4v) is 9.70. The molecule has 7 rings (SSSR count). The van der Waals surface area contributed by atoms with Gasteiger partial charge in [-0.15, -0.1) is 0 Å². The van der Waals surface area contributed by atoms with E-state index in [4.69, 9.17) is 0 Å². The van der Waals surface area contributed by atoms with Crippen molar-refractivity contribution in [1.29, 1.82) is 0 Å². The van der Waals surface area contributed by atoms with Crippen LogP contribution in [0.15, 0.2) is 48.5 Å². The second-order valence-corrected chi connectivity index (χ2v) is 12.2. The molecule has 0 saturated heterocycles. The summed E-state index contributed by atoms with van der Waals surface area (Å²) in [6, 6.07) is 18.4. The van der Waals surface area contributed by atoms with Gasteiger partial charge in [0.1, 0.15) is 0 Å². The van der Waals surface area contributed by atoms with Crippen molar-refractivity contribution in [2.75, 3.05) is 0 Å². The lowest BCUT2D eigenvalue weighted by Crippen LogP contribution is -2.64. The van der Waals surface area contributed by atoms with Crippen molar-refractivity contribution < 1.29 is 0 Å². The third-order valence-corrected chi connectivity index (χ3v) is 11.1. The van der Waals surface area contributed by atoms with Gasteiger partial charge in [0.2, 0.25) is 0 Å². The van der Waals surface area contributed by atoms with E-state index >= 15 is 0 Å². The van der Waals surface area contributed by atoms with Gasteiger partial charge in [0.05, 0.1) is 0 Å². The molecular weight excluding hydrogens is 408 g/mol. The van der Waals surface area contributed by atoms with E-state index in [-0.39, 0.29) is 0 Å². The molecule has 3 fully saturated rings. The number of hydrogen-bond acceptors (Lipinski definition) is 0. The lowest BCUT2D eigenvalue weighted by Gasteiger charge is -2.71. The van der Waals surface area contributed by atoms with Gasteiger partial charge in [-0.1, -0.05) is 111 Å². The maximum atomic E-state index is 2.71. The maximum absolute atomic E-state index is 2.71. The highest BCUT2D eigenvalue weighted by molar-refractivity contribution is 5.59. The molecule has 0 N–H and O–H groups in total. The largest absolute Gasteiger partial charge is 0.0691 e. The van der Waals surface area contributed by atoms with E-state index in [0.717, 1.165) is 11.8 Å². The Balaban J connectivity index is 1.43. The summed E-state index contributed by atoms with van der Waals surface area (Å²) in [5, 5.41) is 5.98. The van der Waals surface area contributed by atoms with Gasteiger partial charge in [-0.25, -0.2) is 0 Å². The number of rotatable bonds is 4. The average molecular weight is 449 g/mol. The Morgan fingerprint density at radius 2 is 0.765 bits per heavy atom. The van der Waals surface area contributed by atoms with Crippen molar-refractivity contribution in [1.82, 2.24) is 0 Å². The first kappa shape index (κ1) is 21.2. The lowest BCUT2D eigenvalue weighted by molar-refractivity contribution is -0.196. The van der Waals surface area contributed by atoms with Crippen molar-refractivity contribution in [2.45, 2.75) is 77.0 Å². The normalized spacial score (nSPS) is 32.0. The Labute approximate surface area is 205 Å². The lowest BCUT2D eigenvalue weighted by atomic mass is 9.33. The Bertz CT molecular complexity index is 1130. The van der Waals surface area contributed by atoms with Gasteiger partial charge in [0.25, 0.3) is 0 Å². The molecule has 2 atom stereocenters. The molecule has 0 amide bonds. The Morgan fingerprint density at radius 1 is 0.441 bits per heavy atom. The van der Waals surface area contributed by atoms with E-state index in [2.05, 4.69) is 72.8 Å². The summed E-state index contributed by atoms with van der Waals surface area (Å²) in [5.41, 5.74) is 0.850. The third kappa shape index (κ3) is 2.96. The molecule has 2 aromatic rings. The smallest absolute Gasteiger partial charge is 0.00298 e. The summed E-state index contributed by atoms with van der Waals surface area (Å²) >= 11 is 0. The summed E-state index contributed by atoms with van der Waals surface area (Å²) in [6.45, 7) is 0. The molecule has 0 spiro atoms. The molecule has 0 heterocycles. The molecule has 0 aromatic heterocycles. The fourth-order valence-electron chi connectivity index (χ4n) is 9.70. The van der Waals surface area contributed by atoms with Crippen LogP contribution in [0.1, 0.15) is 77.0 Å². The van der Waals surface area contributed by atoms with E-state index in [1.807, 2.05) is 0 Å². The van der Waals surface area contributed by atoms with Crippen LogP contribution >= 0.6 is 0 Å². The minimum Gasteiger partial charge on any atom is -0.0691 e. The van der Waals surface area contributed by atoms with E-state index < -0.39 is 0 Å². The van der Waals surface area contributed by atoms with E-state index in [9.17, 15) is 0 Å². The van der Waals surface area contributed by atoms with Gasteiger partial charge in [-0.05, 0) is 82.1 Å². The summed E-state index contributed by atoms with van der Waals surface area (Å²) in [4.78, 5) is 0. The molecule has 3 saturated carbocycles. The number of benzene rings is 2. The van der Waals surface area contributed by atoms with Crippen LogP contribution in [0.2, 0.25) is 0 Å². The van der Waals surface area contributed by atoms with Gasteiger partial charge >= 0.3 is 0 Å². The van der Waals surface area contributed by atoms with Gasteiger partial charge in [0.15, 0.2) is 0 Å². The summed E-state index contributed by atoms with van der Waals surface area (Å²) in [5.74, 6) is 2.98. The summed E-state index contributed by atoms with van der Waals surface area (Å²) in [6.07, 6.45) is 28.3. The van der Waals surface area contributed by atoms with Crippen LogP contribution in [0, 0.1) is 34.5 Å². The first-order valence-electron chi connectivity index (χ1n) is 14.4. The highest BCUT2D eigenvalue weighted by Gasteiger charge is 2.68. The summed E-state index contributed by atoms with van der Waals surface area (Å²) in [7, 11) is 0. The minimum atomic E-state index is 0.425. The van der Waals surface area contributed by atoms with Crippen LogP contribution in [-0.4, -0.2) is 0 Å². The molecule has 5 aliphatic carbocycles. The molecule has 0 bridgehead atoms. The number of fused-ring (bicyclic) bond motifs is 2. The van der Waals surface area contributed by atoms with Crippen LogP contribution in [0.25, 0.3) is 24.3 Å². The van der Waals surface area contributed by atoms with E-state index in [0.29, 0.717) is 22.7 Å². The molecule has 5 aliphatic rings. The van der Waals surface area contributed by atoms with Crippen LogP contribution in [0.4, 0.5) is 0 Å². The average Bonchev–Trinajstić information content (AvgIpc) is 3.50. The molecule has 2 unspecified atom stereocenters. The molecule has 0 radical (unpaired) electrons. The Kier molecular flexibility index (Phi) is 5.15. The van der Waals surface area contributed by atoms with Gasteiger partial charge in [0, 0.05) is 11.8 Å². The molecule has 0 aliphatic heterocycles. The third-order valence-electron chi connectivity index (χ3n) is 11.1. The Morgan fingerprint density at radius 3 is 1.06 bits per heavy atom. The highest BCUT2D eigenvalue weighted by Crippen LogP contribution is 2.75. The molecule has 2 aromatic carbocycles. The molecule has 0 heteroatoms. The van der Waals surface area contributed by atoms with Crippen LogP contribution < -0.4 is 20.9 Å². The second kappa shape index (κ2) is 8.25. The van der Waals surface area contributed by atoms with Crippen molar-refractivity contribution in [3.05, 3.63) is 69.4 Å². The topological polar surface area (TPSA) is 0 Å². The maximum Gasteiger partial charge on any atom is 0.00298 e. The SMILES string of the molecule is C1=c2ccccc2=CC1C1(C2CCCCC2)CCC1(C1C=c2ccccc2=C1)C1CCCCC1. The molecule has 0 nitrogen and oxygen atoms in total. The van der Waals surface area contributed by atoms with Crippen molar-refractivity contribution >= 4 is 24.3 Å². The van der Waals surface area contributed by atoms with Crippen molar-refractivity contribution in [2.24, 2.45) is 34.5 Å². The highest BCUT2D eigenvalue weighted by atomic mass is 14.7. The monoisotopic (exact) mass is 448 g/mol. The first-order chi connectivity index (χ1) is 16.8. The minimum absolute atomic E-state index is 0.425. The van der Waals surface area contributed by atoms with Crippen LogP contribution in [-0.2, 0) is 0 Å². The van der Waals surface area contributed by atoms with Gasteiger partial charge in [-0.2, -0.15) is 0 Å². The quantitative estimate of drug-likeness (QED) is 0.563. The Hall–Kier alpha value is -2.08. The molecule has 34 heavy (non-hydrogen) atoms. The molecule has 176 valence electrons. The predicted molar refractivity (Wildman–Crippen MR) is 143 cm³/mol. The zero-order valence-electron chi connectivity index (χ0n) is 20.7. The fraction of sp³-hybridized carbons (Fsp3) is 0.529. The summed E-state index contributed by atoms with van der Waals surface area (Å²) < 4.78 is 0. The second-order valence-electron chi connectivity index (χ2n) is 12.2. The zero-order valence-corrected chi connectivity index (χ0v) is 20.7. The van der Waals surface area contributed by atoms with E-state index in [1.165, 1.54) is 97.9 Å². The van der Waals surface area contributed by atoms with Gasteiger partial charge < -0.3 is 0 Å². The standard InChI is InChI=1S/C34H40/c1-3-15-29(16-4-1)33(31-21-25-11-7-8-12-26(25)22-31)19-20-34(33,30-17-5-2-6-18-30)32-23-27-13-9-10-14-28(27)24-32/h7-14,21-24,29-32H,1-6,15-20H2. The van der Waals surface area contributed by atoms with Gasteiger partial charge in [-0.3, -0.25) is 0 Å². The van der Waals surface area contributed by atoms with Crippen LogP contribution in [0.5, 0.6) is 0 Å². The number of hydrogen-bond donors (Lipinski definition) is 0.